The van der Waals surface area contributed by atoms with Crippen molar-refractivity contribution in [2.24, 2.45) is 0 Å². The highest BCUT2D eigenvalue weighted by Gasteiger charge is 2.18. The maximum absolute atomic E-state index is 13.6. The smallest absolute Gasteiger partial charge is 0.263 e. The number of benzene rings is 1. The average molecular weight is 309 g/mol. The fourth-order valence-electron chi connectivity index (χ4n) is 1.53. The SMILES string of the molecule is Cc1cc(F)c(NS(=O)(=O)c2ccc(C#N)nc2)cc1F. The highest BCUT2D eigenvalue weighted by atomic mass is 32.2. The highest BCUT2D eigenvalue weighted by molar-refractivity contribution is 7.92. The third-order valence-corrected chi connectivity index (χ3v) is 4.00. The minimum Gasteiger partial charge on any atom is -0.276 e. The van der Waals surface area contributed by atoms with E-state index in [4.69, 9.17) is 5.26 Å². The molecular formula is C13H9F2N3O2S. The van der Waals surface area contributed by atoms with Crippen LogP contribution in [0, 0.1) is 29.9 Å². The molecule has 0 saturated heterocycles. The van der Waals surface area contributed by atoms with Gasteiger partial charge >= 0.3 is 0 Å². The molecule has 2 aromatic rings. The Morgan fingerprint density at radius 1 is 1.24 bits per heavy atom. The van der Waals surface area contributed by atoms with E-state index >= 15 is 0 Å². The van der Waals surface area contributed by atoms with Crippen LogP contribution in [-0.4, -0.2) is 13.4 Å². The molecule has 21 heavy (non-hydrogen) atoms. The van der Waals surface area contributed by atoms with E-state index in [0.717, 1.165) is 24.4 Å². The molecule has 0 unspecified atom stereocenters. The van der Waals surface area contributed by atoms with E-state index in [2.05, 4.69) is 4.98 Å². The van der Waals surface area contributed by atoms with Gasteiger partial charge in [-0.2, -0.15) is 5.26 Å². The molecule has 0 aliphatic carbocycles. The van der Waals surface area contributed by atoms with Gasteiger partial charge in [-0.25, -0.2) is 22.2 Å². The zero-order valence-corrected chi connectivity index (χ0v) is 11.6. The van der Waals surface area contributed by atoms with Crippen LogP contribution in [0.1, 0.15) is 11.3 Å². The number of hydrogen-bond acceptors (Lipinski definition) is 4. The average Bonchev–Trinajstić information content (AvgIpc) is 2.44. The van der Waals surface area contributed by atoms with Gasteiger partial charge in [-0.1, -0.05) is 0 Å². The molecule has 1 heterocycles. The summed E-state index contributed by atoms with van der Waals surface area (Å²) in [5.74, 6) is -1.62. The van der Waals surface area contributed by atoms with Crippen LogP contribution in [-0.2, 0) is 10.0 Å². The molecule has 0 radical (unpaired) electrons. The molecule has 0 bridgehead atoms. The molecule has 0 aliphatic heterocycles. The molecule has 0 amide bonds. The Bertz CT molecular complexity index is 828. The van der Waals surface area contributed by atoms with E-state index in [0.29, 0.717) is 0 Å². The molecule has 108 valence electrons. The second-order valence-corrected chi connectivity index (χ2v) is 5.86. The molecule has 8 heteroatoms. The Labute approximate surface area is 119 Å². The van der Waals surface area contributed by atoms with Gasteiger partial charge in [-0.05, 0) is 30.7 Å². The van der Waals surface area contributed by atoms with Crippen molar-refractivity contribution in [2.45, 2.75) is 11.8 Å². The maximum Gasteiger partial charge on any atom is 0.263 e. The van der Waals surface area contributed by atoms with Crippen molar-refractivity contribution in [3.8, 4) is 6.07 Å². The second kappa shape index (κ2) is 5.46. The summed E-state index contributed by atoms with van der Waals surface area (Å²) in [6, 6.07) is 5.76. The van der Waals surface area contributed by atoms with Gasteiger partial charge in [-0.15, -0.1) is 0 Å². The monoisotopic (exact) mass is 309 g/mol. The molecule has 1 N–H and O–H groups in total. The summed E-state index contributed by atoms with van der Waals surface area (Å²) in [6.45, 7) is 1.36. The lowest BCUT2D eigenvalue weighted by Gasteiger charge is -2.09. The van der Waals surface area contributed by atoms with Crippen molar-refractivity contribution in [3.63, 3.8) is 0 Å². The third-order valence-electron chi connectivity index (χ3n) is 2.65. The van der Waals surface area contributed by atoms with E-state index in [1.807, 2.05) is 4.72 Å². The van der Waals surface area contributed by atoms with Crippen LogP contribution in [0.25, 0.3) is 0 Å². The molecule has 0 saturated carbocycles. The van der Waals surface area contributed by atoms with E-state index in [9.17, 15) is 17.2 Å². The standard InChI is InChI=1S/C13H9F2N3O2S/c1-8-4-12(15)13(5-11(8)14)18-21(19,20)10-3-2-9(6-16)17-7-10/h2-5,7,18H,1H3. The van der Waals surface area contributed by atoms with Crippen LogP contribution in [0.15, 0.2) is 35.4 Å². The van der Waals surface area contributed by atoms with Crippen LogP contribution >= 0.6 is 0 Å². The quantitative estimate of drug-likeness (QED) is 0.943. The van der Waals surface area contributed by atoms with Gasteiger partial charge in [0, 0.05) is 12.3 Å². The van der Waals surface area contributed by atoms with Crippen molar-refractivity contribution in [2.75, 3.05) is 4.72 Å². The number of rotatable bonds is 3. The lowest BCUT2D eigenvalue weighted by Crippen LogP contribution is -2.14. The summed E-state index contributed by atoms with van der Waals surface area (Å²) in [5, 5.41) is 8.59. The number of anilines is 1. The number of aryl methyl sites for hydroxylation is 1. The number of halogens is 2. The predicted molar refractivity (Wildman–Crippen MR) is 70.9 cm³/mol. The molecule has 2 rings (SSSR count). The summed E-state index contributed by atoms with van der Waals surface area (Å²) < 4.78 is 53.0. The largest absolute Gasteiger partial charge is 0.276 e. The minimum absolute atomic E-state index is 0.0431. The highest BCUT2D eigenvalue weighted by Crippen LogP contribution is 2.22. The van der Waals surface area contributed by atoms with E-state index in [1.165, 1.54) is 13.0 Å². The summed E-state index contributed by atoms with van der Waals surface area (Å²) in [7, 11) is -4.12. The van der Waals surface area contributed by atoms with Crippen molar-refractivity contribution < 1.29 is 17.2 Å². The topological polar surface area (TPSA) is 82.9 Å². The molecule has 0 spiro atoms. The number of aromatic nitrogens is 1. The molecule has 1 aromatic carbocycles. The Hall–Kier alpha value is -2.53. The van der Waals surface area contributed by atoms with E-state index in [-0.39, 0.29) is 16.2 Å². The Morgan fingerprint density at radius 3 is 2.52 bits per heavy atom. The molecule has 0 aliphatic rings. The number of sulfonamides is 1. The first-order valence-corrected chi connectivity index (χ1v) is 7.16. The van der Waals surface area contributed by atoms with Crippen molar-refractivity contribution in [1.82, 2.24) is 4.98 Å². The molecule has 5 nitrogen and oxygen atoms in total. The van der Waals surface area contributed by atoms with Crippen molar-refractivity contribution >= 4 is 15.7 Å². The van der Waals surface area contributed by atoms with Gasteiger partial charge in [0.1, 0.15) is 28.3 Å². The van der Waals surface area contributed by atoms with E-state index in [1.54, 1.807) is 6.07 Å². The summed E-state index contributed by atoms with van der Waals surface area (Å²) in [4.78, 5) is 3.35. The lowest BCUT2D eigenvalue weighted by molar-refractivity contribution is 0.590. The van der Waals surface area contributed by atoms with Gasteiger partial charge in [0.25, 0.3) is 10.0 Å². The number of nitrogens with zero attached hydrogens (tertiary/aromatic N) is 2. The van der Waals surface area contributed by atoms with Gasteiger partial charge in [0.2, 0.25) is 0 Å². The van der Waals surface area contributed by atoms with Gasteiger partial charge in [0.05, 0.1) is 5.69 Å². The van der Waals surface area contributed by atoms with Crippen LogP contribution < -0.4 is 4.72 Å². The van der Waals surface area contributed by atoms with Gasteiger partial charge < -0.3 is 0 Å². The number of nitriles is 1. The van der Waals surface area contributed by atoms with Crippen molar-refractivity contribution in [3.05, 3.63) is 53.4 Å². The van der Waals surface area contributed by atoms with Gasteiger partial charge in [0.15, 0.2) is 0 Å². The zero-order valence-electron chi connectivity index (χ0n) is 10.8. The first-order chi connectivity index (χ1) is 9.83. The van der Waals surface area contributed by atoms with Crippen LogP contribution in [0.2, 0.25) is 0 Å². The number of nitrogens with one attached hydrogen (secondary N) is 1. The second-order valence-electron chi connectivity index (χ2n) is 4.18. The fraction of sp³-hybridized carbons (Fsp3) is 0.0769. The normalized spacial score (nSPS) is 11.0. The fourth-order valence-corrected chi connectivity index (χ4v) is 2.54. The Morgan fingerprint density at radius 2 is 1.95 bits per heavy atom. The molecule has 1 aromatic heterocycles. The predicted octanol–water partition coefficient (Wildman–Crippen LogP) is 2.34. The zero-order chi connectivity index (χ0) is 15.6. The minimum atomic E-state index is -4.12. The Balaban J connectivity index is 2.37. The lowest BCUT2D eigenvalue weighted by atomic mass is 10.2. The molecular weight excluding hydrogens is 300 g/mol. The summed E-state index contributed by atoms with van der Waals surface area (Å²) >= 11 is 0. The van der Waals surface area contributed by atoms with Crippen LogP contribution in [0.5, 0.6) is 0 Å². The molecule has 0 fully saturated rings. The first-order valence-electron chi connectivity index (χ1n) is 5.68. The summed E-state index contributed by atoms with van der Waals surface area (Å²) in [6.07, 6.45) is 0.962. The number of pyridine rings is 1. The van der Waals surface area contributed by atoms with Crippen LogP contribution in [0.4, 0.5) is 14.5 Å². The first kappa shape index (κ1) is 14.9. The van der Waals surface area contributed by atoms with E-state index < -0.39 is 27.3 Å². The molecule has 0 atom stereocenters. The number of hydrogen-bond donors (Lipinski definition) is 1. The van der Waals surface area contributed by atoms with Crippen LogP contribution in [0.3, 0.4) is 0 Å². The Kier molecular flexibility index (Phi) is 3.86. The van der Waals surface area contributed by atoms with Crippen molar-refractivity contribution in [1.29, 1.82) is 5.26 Å². The third kappa shape index (κ3) is 3.14. The van der Waals surface area contributed by atoms with Gasteiger partial charge in [-0.3, -0.25) is 4.72 Å². The maximum atomic E-state index is 13.6. The summed E-state index contributed by atoms with van der Waals surface area (Å²) in [5.41, 5.74) is -0.389.